The molecule has 6 heteroatoms. The van der Waals surface area contributed by atoms with Crippen molar-refractivity contribution < 1.29 is 5.11 Å². The molecule has 16 heavy (non-hydrogen) atoms. The summed E-state index contributed by atoms with van der Waals surface area (Å²) >= 11 is 2.88. The molecule has 0 saturated heterocycles. The minimum Gasteiger partial charge on any atom is -0.392 e. The van der Waals surface area contributed by atoms with E-state index < -0.39 is 0 Å². The fraction of sp³-hybridized carbons (Fsp3) is 0.300. The van der Waals surface area contributed by atoms with E-state index in [0.29, 0.717) is 0 Å². The van der Waals surface area contributed by atoms with E-state index in [0.717, 1.165) is 26.3 Å². The van der Waals surface area contributed by atoms with E-state index in [1.165, 1.54) is 23.3 Å². The fourth-order valence-corrected chi connectivity index (χ4v) is 2.81. The number of hydrogen-bond donors (Lipinski definition) is 1. The molecule has 2 aromatic rings. The Morgan fingerprint density at radius 2 is 2.25 bits per heavy atom. The molecule has 0 aromatic carbocycles. The summed E-state index contributed by atoms with van der Waals surface area (Å²) in [4.78, 5) is 8.57. The molecule has 0 fully saturated rings. The molecule has 2 rings (SSSR count). The van der Waals surface area contributed by atoms with Crippen molar-refractivity contribution in [1.82, 2.24) is 14.3 Å². The highest BCUT2D eigenvalue weighted by molar-refractivity contribution is 8.00. The standard InChI is InChI=1S/C10H11N3OS2/c1-6-3-8(5-14)4-11-9(6)15-10-12-7(2)13-16-10/h3-4,14H,5H2,1-2H3. The third kappa shape index (κ3) is 2.58. The zero-order valence-corrected chi connectivity index (χ0v) is 10.6. The molecule has 84 valence electrons. The number of aliphatic hydroxyl groups is 1. The Bertz CT molecular complexity index is 499. The van der Waals surface area contributed by atoms with E-state index in [1.54, 1.807) is 6.20 Å². The summed E-state index contributed by atoms with van der Waals surface area (Å²) in [6.45, 7) is 3.87. The quantitative estimate of drug-likeness (QED) is 0.908. The van der Waals surface area contributed by atoms with Crippen molar-refractivity contribution in [3.05, 3.63) is 29.2 Å². The van der Waals surface area contributed by atoms with Crippen molar-refractivity contribution in [2.24, 2.45) is 0 Å². The maximum Gasteiger partial charge on any atom is 0.176 e. The van der Waals surface area contributed by atoms with Crippen LogP contribution in [0.5, 0.6) is 0 Å². The summed E-state index contributed by atoms with van der Waals surface area (Å²) in [5.74, 6) is 0.789. The van der Waals surface area contributed by atoms with E-state index in [2.05, 4.69) is 14.3 Å². The molecule has 0 saturated carbocycles. The summed E-state index contributed by atoms with van der Waals surface area (Å²) in [6, 6.07) is 1.93. The summed E-state index contributed by atoms with van der Waals surface area (Å²) in [7, 11) is 0. The Kier molecular flexibility index (Phi) is 3.52. The molecule has 0 unspecified atom stereocenters. The van der Waals surface area contributed by atoms with Gasteiger partial charge in [0.05, 0.1) is 6.61 Å². The number of aromatic nitrogens is 3. The van der Waals surface area contributed by atoms with Crippen molar-refractivity contribution in [3.8, 4) is 0 Å². The molecular weight excluding hydrogens is 242 g/mol. The van der Waals surface area contributed by atoms with Gasteiger partial charge < -0.3 is 5.11 Å². The van der Waals surface area contributed by atoms with Crippen LogP contribution in [0.15, 0.2) is 21.6 Å². The predicted molar refractivity (Wildman–Crippen MR) is 63.7 cm³/mol. The van der Waals surface area contributed by atoms with Crippen molar-refractivity contribution in [2.75, 3.05) is 0 Å². The lowest BCUT2D eigenvalue weighted by molar-refractivity contribution is 0.281. The second kappa shape index (κ2) is 4.90. The van der Waals surface area contributed by atoms with Gasteiger partial charge in [-0.25, -0.2) is 9.97 Å². The third-order valence-electron chi connectivity index (χ3n) is 1.96. The van der Waals surface area contributed by atoms with Gasteiger partial charge in [-0.05, 0) is 54.3 Å². The largest absolute Gasteiger partial charge is 0.392 e. The van der Waals surface area contributed by atoms with Crippen molar-refractivity contribution in [1.29, 1.82) is 0 Å². The Morgan fingerprint density at radius 1 is 1.44 bits per heavy atom. The highest BCUT2D eigenvalue weighted by atomic mass is 32.2. The molecule has 0 amide bonds. The van der Waals surface area contributed by atoms with Gasteiger partial charge in [-0.1, -0.05) is 0 Å². The molecule has 0 atom stereocenters. The van der Waals surface area contributed by atoms with Gasteiger partial charge in [-0.2, -0.15) is 4.37 Å². The molecule has 0 aliphatic rings. The van der Waals surface area contributed by atoms with E-state index >= 15 is 0 Å². The first-order chi connectivity index (χ1) is 7.69. The Morgan fingerprint density at radius 3 is 2.81 bits per heavy atom. The molecule has 1 N–H and O–H groups in total. The fourth-order valence-electron chi connectivity index (χ4n) is 1.22. The number of pyridine rings is 1. The molecule has 0 aliphatic heterocycles. The van der Waals surface area contributed by atoms with Gasteiger partial charge in [0.25, 0.3) is 0 Å². The second-order valence-electron chi connectivity index (χ2n) is 3.33. The Balaban J connectivity index is 2.21. The first-order valence-electron chi connectivity index (χ1n) is 4.73. The van der Waals surface area contributed by atoms with Crippen LogP contribution in [0, 0.1) is 13.8 Å². The number of aliphatic hydroxyl groups excluding tert-OH is 1. The van der Waals surface area contributed by atoms with Gasteiger partial charge in [0, 0.05) is 6.20 Å². The summed E-state index contributed by atoms with van der Waals surface area (Å²) in [5.41, 5.74) is 1.87. The van der Waals surface area contributed by atoms with E-state index in [1.807, 2.05) is 19.9 Å². The number of nitrogens with zero attached hydrogens (tertiary/aromatic N) is 3. The molecule has 2 aromatic heterocycles. The Hall–Kier alpha value is -0.980. The topological polar surface area (TPSA) is 58.9 Å². The maximum atomic E-state index is 8.98. The summed E-state index contributed by atoms with van der Waals surface area (Å²) < 4.78 is 5.01. The van der Waals surface area contributed by atoms with Gasteiger partial charge >= 0.3 is 0 Å². The molecule has 0 bridgehead atoms. The van der Waals surface area contributed by atoms with Gasteiger partial charge in [-0.15, -0.1) is 0 Å². The van der Waals surface area contributed by atoms with Crippen LogP contribution in [0.2, 0.25) is 0 Å². The average Bonchev–Trinajstić information content (AvgIpc) is 2.67. The lowest BCUT2D eigenvalue weighted by Crippen LogP contribution is -1.90. The first-order valence-corrected chi connectivity index (χ1v) is 6.32. The summed E-state index contributed by atoms with van der Waals surface area (Å²) in [6.07, 6.45) is 1.68. The summed E-state index contributed by atoms with van der Waals surface area (Å²) in [5, 5.41) is 9.89. The minimum absolute atomic E-state index is 0.0245. The van der Waals surface area contributed by atoms with Crippen LogP contribution < -0.4 is 0 Å². The van der Waals surface area contributed by atoms with Gasteiger partial charge in [0.15, 0.2) is 4.34 Å². The van der Waals surface area contributed by atoms with E-state index in [4.69, 9.17) is 5.11 Å². The molecule has 0 aliphatic carbocycles. The van der Waals surface area contributed by atoms with Crippen LogP contribution in [-0.2, 0) is 6.61 Å². The number of hydrogen-bond acceptors (Lipinski definition) is 6. The second-order valence-corrected chi connectivity index (χ2v) is 5.32. The average molecular weight is 253 g/mol. The third-order valence-corrected chi connectivity index (χ3v) is 3.93. The first kappa shape index (κ1) is 11.5. The molecule has 2 heterocycles. The van der Waals surface area contributed by atoms with Gasteiger partial charge in [-0.3, -0.25) is 0 Å². The van der Waals surface area contributed by atoms with Crippen molar-refractivity contribution in [3.63, 3.8) is 0 Å². The van der Waals surface area contributed by atoms with Crippen molar-refractivity contribution in [2.45, 2.75) is 29.8 Å². The monoisotopic (exact) mass is 253 g/mol. The van der Waals surface area contributed by atoms with Crippen LogP contribution in [0.4, 0.5) is 0 Å². The molecular formula is C10H11N3OS2. The molecule has 0 radical (unpaired) electrons. The van der Waals surface area contributed by atoms with Gasteiger partial charge in [0.1, 0.15) is 10.9 Å². The van der Waals surface area contributed by atoms with E-state index in [9.17, 15) is 0 Å². The van der Waals surface area contributed by atoms with Crippen LogP contribution in [0.1, 0.15) is 17.0 Å². The van der Waals surface area contributed by atoms with Crippen molar-refractivity contribution >= 4 is 23.3 Å². The number of aryl methyl sites for hydroxylation is 2. The highest BCUT2D eigenvalue weighted by Gasteiger charge is 2.07. The van der Waals surface area contributed by atoms with E-state index in [-0.39, 0.29) is 6.61 Å². The lowest BCUT2D eigenvalue weighted by atomic mass is 10.2. The predicted octanol–water partition coefficient (Wildman–Crippen LogP) is 2.19. The van der Waals surface area contributed by atoms with Crippen LogP contribution in [0.3, 0.4) is 0 Å². The number of rotatable bonds is 3. The van der Waals surface area contributed by atoms with Crippen LogP contribution in [0.25, 0.3) is 0 Å². The smallest absolute Gasteiger partial charge is 0.176 e. The van der Waals surface area contributed by atoms with Gasteiger partial charge in [0.2, 0.25) is 0 Å². The highest BCUT2D eigenvalue weighted by Crippen LogP contribution is 2.29. The minimum atomic E-state index is 0.0245. The lowest BCUT2D eigenvalue weighted by Gasteiger charge is -2.03. The Labute approximate surface area is 102 Å². The zero-order valence-electron chi connectivity index (χ0n) is 8.97. The SMILES string of the molecule is Cc1nsc(Sc2ncc(CO)cc2C)n1. The normalized spacial score (nSPS) is 10.7. The van der Waals surface area contributed by atoms with Crippen LogP contribution in [-0.4, -0.2) is 19.4 Å². The molecule has 4 nitrogen and oxygen atoms in total. The maximum absolute atomic E-state index is 8.98. The van der Waals surface area contributed by atoms with Crippen LogP contribution >= 0.6 is 23.3 Å². The zero-order chi connectivity index (χ0) is 11.5. The molecule has 0 spiro atoms.